The normalized spacial score (nSPS) is 29.9. The third kappa shape index (κ3) is 3.76. The summed E-state index contributed by atoms with van der Waals surface area (Å²) in [5.41, 5.74) is 0. The monoisotopic (exact) mass is 293 g/mol. The lowest BCUT2D eigenvalue weighted by Gasteiger charge is -2.34. The molecule has 2 saturated carbocycles. The Morgan fingerprint density at radius 2 is 1.81 bits per heavy atom. The molecule has 3 fully saturated rings. The minimum atomic E-state index is 0.137. The van der Waals surface area contributed by atoms with Crippen molar-refractivity contribution in [3.63, 3.8) is 0 Å². The Hall–Kier alpha value is -1.10. The van der Waals surface area contributed by atoms with E-state index >= 15 is 0 Å². The molecule has 0 radical (unpaired) electrons. The average Bonchev–Trinajstić information content (AvgIpc) is 3.14. The summed E-state index contributed by atoms with van der Waals surface area (Å²) in [5.74, 6) is 2.04. The highest BCUT2D eigenvalue weighted by atomic mass is 16.2. The molecular weight excluding hydrogens is 266 g/mol. The zero-order valence-electron chi connectivity index (χ0n) is 13.0. The highest BCUT2D eigenvalue weighted by molar-refractivity contribution is 5.82. The van der Waals surface area contributed by atoms with Gasteiger partial charge in [-0.25, -0.2) is 0 Å². The fourth-order valence-electron chi connectivity index (χ4n) is 3.24. The Morgan fingerprint density at radius 1 is 1.14 bits per heavy atom. The van der Waals surface area contributed by atoms with Crippen LogP contribution in [0.5, 0.6) is 0 Å². The minimum absolute atomic E-state index is 0.137. The second-order valence-corrected chi connectivity index (χ2v) is 7.02. The van der Waals surface area contributed by atoms with Crippen LogP contribution in [-0.4, -0.2) is 60.9 Å². The van der Waals surface area contributed by atoms with Crippen LogP contribution in [-0.2, 0) is 9.59 Å². The summed E-state index contributed by atoms with van der Waals surface area (Å²) in [5, 5.41) is 3.04. The van der Waals surface area contributed by atoms with Crippen molar-refractivity contribution in [1.29, 1.82) is 0 Å². The first kappa shape index (κ1) is 14.8. The van der Waals surface area contributed by atoms with Gasteiger partial charge in [-0.3, -0.25) is 14.5 Å². The second kappa shape index (κ2) is 6.34. The standard InChI is InChI=1S/C16H27N3O2/c1-12-9-14(12)16(21)19-7-5-18(6-8-19)11-15(20)17-10-13-3-2-4-13/h12-14H,2-11H2,1H3,(H,17,20)/t12-,14+/m1/s1. The zero-order valence-corrected chi connectivity index (χ0v) is 13.0. The summed E-state index contributed by atoms with van der Waals surface area (Å²) in [4.78, 5) is 28.2. The third-order valence-electron chi connectivity index (χ3n) is 5.29. The number of hydrogen-bond acceptors (Lipinski definition) is 3. The molecule has 2 amide bonds. The van der Waals surface area contributed by atoms with Crippen LogP contribution < -0.4 is 5.32 Å². The van der Waals surface area contributed by atoms with E-state index in [0.29, 0.717) is 24.3 Å². The van der Waals surface area contributed by atoms with Gasteiger partial charge < -0.3 is 10.2 Å². The Bertz CT molecular complexity index is 400. The van der Waals surface area contributed by atoms with Gasteiger partial charge >= 0.3 is 0 Å². The Balaban J connectivity index is 1.33. The molecule has 1 aliphatic heterocycles. The van der Waals surface area contributed by atoms with Crippen molar-refractivity contribution in [3.05, 3.63) is 0 Å². The van der Waals surface area contributed by atoms with Gasteiger partial charge in [-0.2, -0.15) is 0 Å². The van der Waals surface area contributed by atoms with Crippen LogP contribution in [0.3, 0.4) is 0 Å². The first-order valence-corrected chi connectivity index (χ1v) is 8.41. The number of carbonyl (C=O) groups is 2. The lowest BCUT2D eigenvalue weighted by Crippen LogP contribution is -2.51. The molecule has 0 spiro atoms. The lowest BCUT2D eigenvalue weighted by molar-refractivity contribution is -0.134. The first-order valence-electron chi connectivity index (χ1n) is 8.41. The van der Waals surface area contributed by atoms with E-state index in [1.807, 2.05) is 4.90 Å². The van der Waals surface area contributed by atoms with Crippen molar-refractivity contribution in [1.82, 2.24) is 15.1 Å². The molecule has 0 aromatic heterocycles. The topological polar surface area (TPSA) is 52.7 Å². The molecule has 0 aromatic carbocycles. The molecule has 1 saturated heterocycles. The highest BCUT2D eigenvalue weighted by Gasteiger charge is 2.41. The maximum atomic E-state index is 12.1. The highest BCUT2D eigenvalue weighted by Crippen LogP contribution is 2.39. The van der Waals surface area contributed by atoms with Gasteiger partial charge in [0.15, 0.2) is 0 Å². The predicted molar refractivity (Wildman–Crippen MR) is 80.6 cm³/mol. The number of nitrogens with one attached hydrogen (secondary N) is 1. The van der Waals surface area contributed by atoms with E-state index < -0.39 is 0 Å². The van der Waals surface area contributed by atoms with E-state index in [1.54, 1.807) is 0 Å². The van der Waals surface area contributed by atoms with Crippen LogP contribution in [0.4, 0.5) is 0 Å². The van der Waals surface area contributed by atoms with Crippen molar-refractivity contribution in [2.75, 3.05) is 39.3 Å². The molecule has 3 rings (SSSR count). The van der Waals surface area contributed by atoms with Gasteiger partial charge in [0.2, 0.25) is 11.8 Å². The van der Waals surface area contributed by atoms with Crippen molar-refractivity contribution in [3.8, 4) is 0 Å². The van der Waals surface area contributed by atoms with Gasteiger partial charge in [0.25, 0.3) is 0 Å². The van der Waals surface area contributed by atoms with Crippen LogP contribution in [0.25, 0.3) is 0 Å². The van der Waals surface area contributed by atoms with Gasteiger partial charge in [-0.05, 0) is 31.1 Å². The fourth-order valence-corrected chi connectivity index (χ4v) is 3.24. The Morgan fingerprint density at radius 3 is 2.33 bits per heavy atom. The maximum absolute atomic E-state index is 12.1. The lowest BCUT2D eigenvalue weighted by atomic mass is 9.85. The van der Waals surface area contributed by atoms with Crippen molar-refractivity contribution >= 4 is 11.8 Å². The van der Waals surface area contributed by atoms with Crippen molar-refractivity contribution in [2.45, 2.75) is 32.6 Å². The molecule has 2 aliphatic carbocycles. The maximum Gasteiger partial charge on any atom is 0.234 e. The predicted octanol–water partition coefficient (Wildman–Crippen LogP) is 0.703. The molecule has 1 N–H and O–H groups in total. The number of piperazine rings is 1. The van der Waals surface area contributed by atoms with E-state index in [2.05, 4.69) is 17.1 Å². The summed E-state index contributed by atoms with van der Waals surface area (Å²) in [6.45, 7) is 6.67. The Kier molecular flexibility index (Phi) is 4.48. The van der Waals surface area contributed by atoms with Crippen LogP contribution in [0.1, 0.15) is 32.6 Å². The van der Waals surface area contributed by atoms with Gasteiger partial charge in [-0.15, -0.1) is 0 Å². The largest absolute Gasteiger partial charge is 0.355 e. The number of nitrogens with zero attached hydrogens (tertiary/aromatic N) is 2. The van der Waals surface area contributed by atoms with E-state index in [-0.39, 0.29) is 11.8 Å². The summed E-state index contributed by atoms with van der Waals surface area (Å²) >= 11 is 0. The number of carbonyl (C=O) groups excluding carboxylic acids is 2. The van der Waals surface area contributed by atoms with E-state index in [0.717, 1.165) is 39.1 Å². The average molecular weight is 293 g/mol. The van der Waals surface area contributed by atoms with Gasteiger partial charge in [0, 0.05) is 38.6 Å². The molecule has 0 unspecified atom stereocenters. The summed E-state index contributed by atoms with van der Waals surface area (Å²) < 4.78 is 0. The molecule has 5 nitrogen and oxygen atoms in total. The van der Waals surface area contributed by atoms with Crippen LogP contribution >= 0.6 is 0 Å². The molecule has 21 heavy (non-hydrogen) atoms. The molecule has 0 aromatic rings. The fraction of sp³-hybridized carbons (Fsp3) is 0.875. The zero-order chi connectivity index (χ0) is 14.8. The number of amides is 2. The molecule has 0 bridgehead atoms. The van der Waals surface area contributed by atoms with Crippen LogP contribution in [0, 0.1) is 17.8 Å². The summed E-state index contributed by atoms with van der Waals surface area (Å²) in [6.07, 6.45) is 4.90. The molecule has 3 aliphatic rings. The third-order valence-corrected chi connectivity index (χ3v) is 5.29. The molecule has 118 valence electrons. The molecular formula is C16H27N3O2. The van der Waals surface area contributed by atoms with Crippen LogP contribution in [0.15, 0.2) is 0 Å². The number of rotatable bonds is 5. The van der Waals surface area contributed by atoms with E-state index in [1.165, 1.54) is 19.3 Å². The molecule has 1 heterocycles. The quantitative estimate of drug-likeness (QED) is 0.812. The van der Waals surface area contributed by atoms with Gasteiger partial charge in [0.1, 0.15) is 0 Å². The molecule has 2 atom stereocenters. The van der Waals surface area contributed by atoms with E-state index in [4.69, 9.17) is 0 Å². The second-order valence-electron chi connectivity index (χ2n) is 7.02. The summed E-state index contributed by atoms with van der Waals surface area (Å²) in [6, 6.07) is 0. The molecule has 5 heteroatoms. The van der Waals surface area contributed by atoms with E-state index in [9.17, 15) is 9.59 Å². The van der Waals surface area contributed by atoms with Crippen LogP contribution in [0.2, 0.25) is 0 Å². The summed E-state index contributed by atoms with van der Waals surface area (Å²) in [7, 11) is 0. The van der Waals surface area contributed by atoms with Crippen molar-refractivity contribution in [2.24, 2.45) is 17.8 Å². The van der Waals surface area contributed by atoms with Gasteiger partial charge in [0.05, 0.1) is 6.54 Å². The number of hydrogen-bond donors (Lipinski definition) is 1. The first-order chi connectivity index (χ1) is 10.1. The Labute approximate surface area is 127 Å². The minimum Gasteiger partial charge on any atom is -0.355 e. The van der Waals surface area contributed by atoms with Gasteiger partial charge in [-0.1, -0.05) is 13.3 Å². The smallest absolute Gasteiger partial charge is 0.234 e. The van der Waals surface area contributed by atoms with Crippen molar-refractivity contribution < 1.29 is 9.59 Å². The SMILES string of the molecule is C[C@@H]1C[C@@H]1C(=O)N1CCN(CC(=O)NCC2CCC2)CC1.